The Morgan fingerprint density at radius 3 is 1.96 bits per heavy atom. The van der Waals surface area contributed by atoms with E-state index in [2.05, 4.69) is 0 Å². The van der Waals surface area contributed by atoms with E-state index in [-0.39, 0.29) is 29.1 Å². The minimum absolute atomic E-state index is 0.0504. The molecule has 2 rings (SSSR count). The van der Waals surface area contributed by atoms with E-state index >= 15 is 0 Å². The molecule has 126 valence electrons. The Bertz CT molecular complexity index is 568. The summed E-state index contributed by atoms with van der Waals surface area (Å²) < 4.78 is 12.0. The Morgan fingerprint density at radius 2 is 1.48 bits per heavy atom. The Morgan fingerprint density at radius 1 is 0.957 bits per heavy atom. The molecular formula is C19H26O4. The monoisotopic (exact) mass is 318 g/mol. The maximum Gasteiger partial charge on any atom is 0.185 e. The number of benzene rings is 1. The van der Waals surface area contributed by atoms with Crippen LogP contribution in [0.15, 0.2) is 24.3 Å². The predicted molar refractivity (Wildman–Crippen MR) is 88.1 cm³/mol. The molecular weight excluding hydrogens is 292 g/mol. The first-order valence-electron chi connectivity index (χ1n) is 8.06. The first-order valence-corrected chi connectivity index (χ1v) is 8.06. The number of Topliss-reactive ketones (excluding diaryl/α,β-unsaturated/α-hetero) is 2. The third-order valence-electron chi connectivity index (χ3n) is 4.66. The molecule has 1 fully saturated rings. The van der Waals surface area contributed by atoms with Gasteiger partial charge in [-0.1, -0.05) is 24.3 Å². The lowest BCUT2D eigenvalue weighted by molar-refractivity contribution is -0.122. The van der Waals surface area contributed by atoms with Crippen LogP contribution < -0.4 is 0 Å². The SMILES string of the molecule is CC(=O)CCC(=O)Cc1ccc(C2OC(C)(C)C(C)(C)O2)cc1. The molecule has 4 nitrogen and oxygen atoms in total. The minimum Gasteiger partial charge on any atom is -0.339 e. The average molecular weight is 318 g/mol. The van der Waals surface area contributed by atoms with Crippen LogP contribution >= 0.6 is 0 Å². The second-order valence-electron chi connectivity index (χ2n) is 7.25. The Labute approximate surface area is 138 Å². The summed E-state index contributed by atoms with van der Waals surface area (Å²) in [5, 5.41) is 0. The molecule has 0 bridgehead atoms. The molecule has 0 aliphatic carbocycles. The molecule has 0 N–H and O–H groups in total. The lowest BCUT2D eigenvalue weighted by atomic mass is 9.90. The largest absolute Gasteiger partial charge is 0.339 e. The van der Waals surface area contributed by atoms with Crippen molar-refractivity contribution in [1.82, 2.24) is 0 Å². The third kappa shape index (κ3) is 4.27. The van der Waals surface area contributed by atoms with Crippen molar-refractivity contribution in [2.45, 2.75) is 71.4 Å². The fourth-order valence-electron chi connectivity index (χ4n) is 2.40. The lowest BCUT2D eigenvalue weighted by Gasteiger charge is -2.30. The molecule has 1 aromatic carbocycles. The van der Waals surface area contributed by atoms with E-state index in [4.69, 9.17) is 9.47 Å². The van der Waals surface area contributed by atoms with Gasteiger partial charge in [-0.2, -0.15) is 0 Å². The first kappa shape index (κ1) is 17.8. The topological polar surface area (TPSA) is 52.6 Å². The molecule has 0 amide bonds. The van der Waals surface area contributed by atoms with Gasteiger partial charge < -0.3 is 14.3 Å². The Balaban J connectivity index is 1.98. The standard InChI is InChI=1S/C19H26O4/c1-13(20)6-11-16(21)12-14-7-9-15(10-8-14)17-22-18(2,3)19(4,5)23-17/h7-10,17H,6,11-12H2,1-5H3. The van der Waals surface area contributed by atoms with Crippen LogP contribution in [0.5, 0.6) is 0 Å². The molecule has 1 heterocycles. The van der Waals surface area contributed by atoms with Gasteiger partial charge in [0.15, 0.2) is 6.29 Å². The molecule has 0 spiro atoms. The number of ether oxygens (including phenoxy) is 2. The molecule has 1 aliphatic rings. The predicted octanol–water partition coefficient (Wildman–Crippen LogP) is 3.77. The maximum atomic E-state index is 11.8. The number of hydrogen-bond donors (Lipinski definition) is 0. The molecule has 1 saturated heterocycles. The van der Waals surface area contributed by atoms with Crippen LogP contribution in [-0.2, 0) is 25.5 Å². The highest BCUT2D eigenvalue weighted by atomic mass is 16.7. The van der Waals surface area contributed by atoms with E-state index in [0.29, 0.717) is 19.3 Å². The molecule has 23 heavy (non-hydrogen) atoms. The number of ketones is 2. The Hall–Kier alpha value is -1.52. The van der Waals surface area contributed by atoms with Crippen molar-refractivity contribution in [3.63, 3.8) is 0 Å². The summed E-state index contributed by atoms with van der Waals surface area (Å²) in [6.45, 7) is 9.60. The summed E-state index contributed by atoms with van der Waals surface area (Å²) >= 11 is 0. The fourth-order valence-corrected chi connectivity index (χ4v) is 2.40. The van der Waals surface area contributed by atoms with Crippen molar-refractivity contribution in [2.75, 3.05) is 0 Å². The molecule has 0 aromatic heterocycles. The third-order valence-corrected chi connectivity index (χ3v) is 4.66. The van der Waals surface area contributed by atoms with Gasteiger partial charge in [-0.25, -0.2) is 0 Å². The summed E-state index contributed by atoms with van der Waals surface area (Å²) in [7, 11) is 0. The van der Waals surface area contributed by atoms with Gasteiger partial charge in [0.2, 0.25) is 0 Å². The van der Waals surface area contributed by atoms with Crippen LogP contribution in [0, 0.1) is 0 Å². The molecule has 0 saturated carbocycles. The number of carbonyl (C=O) groups is 2. The summed E-state index contributed by atoms with van der Waals surface area (Å²) in [6.07, 6.45) is 0.609. The van der Waals surface area contributed by atoms with Gasteiger partial charge in [-0.3, -0.25) is 4.79 Å². The van der Waals surface area contributed by atoms with Crippen LogP contribution in [0.4, 0.5) is 0 Å². The van der Waals surface area contributed by atoms with E-state index < -0.39 is 0 Å². The molecule has 4 heteroatoms. The van der Waals surface area contributed by atoms with E-state index in [1.54, 1.807) is 0 Å². The van der Waals surface area contributed by atoms with Crippen molar-refractivity contribution in [2.24, 2.45) is 0 Å². The molecule has 1 aliphatic heterocycles. The minimum atomic E-state index is -0.387. The van der Waals surface area contributed by atoms with Crippen LogP contribution in [0.2, 0.25) is 0 Å². The summed E-state index contributed by atoms with van der Waals surface area (Å²) in [4.78, 5) is 22.7. The number of carbonyl (C=O) groups excluding carboxylic acids is 2. The van der Waals surface area contributed by atoms with E-state index in [1.165, 1.54) is 6.92 Å². The summed E-state index contributed by atoms with van der Waals surface area (Å²) in [5.41, 5.74) is 1.17. The van der Waals surface area contributed by atoms with Gasteiger partial charge in [-0.05, 0) is 40.2 Å². The zero-order valence-corrected chi connectivity index (χ0v) is 14.6. The van der Waals surface area contributed by atoms with Gasteiger partial charge in [0, 0.05) is 24.8 Å². The fraction of sp³-hybridized carbons (Fsp3) is 0.579. The highest BCUT2D eigenvalue weighted by Crippen LogP contribution is 2.44. The zero-order valence-electron chi connectivity index (χ0n) is 14.6. The normalized spacial score (nSPS) is 19.7. The van der Waals surface area contributed by atoms with Crippen LogP contribution in [0.1, 0.15) is 64.9 Å². The van der Waals surface area contributed by atoms with E-state index in [1.807, 2.05) is 52.0 Å². The van der Waals surface area contributed by atoms with Gasteiger partial charge in [0.25, 0.3) is 0 Å². The van der Waals surface area contributed by atoms with Gasteiger partial charge in [0.1, 0.15) is 11.6 Å². The first-order chi connectivity index (χ1) is 10.6. The summed E-state index contributed by atoms with van der Waals surface area (Å²) in [6, 6.07) is 7.73. The van der Waals surface area contributed by atoms with Gasteiger partial charge in [-0.15, -0.1) is 0 Å². The van der Waals surface area contributed by atoms with Crippen LogP contribution in [-0.4, -0.2) is 22.8 Å². The van der Waals surface area contributed by atoms with Crippen LogP contribution in [0.25, 0.3) is 0 Å². The van der Waals surface area contributed by atoms with Crippen LogP contribution in [0.3, 0.4) is 0 Å². The van der Waals surface area contributed by atoms with Crippen molar-refractivity contribution in [3.05, 3.63) is 35.4 Å². The van der Waals surface area contributed by atoms with Crippen molar-refractivity contribution >= 4 is 11.6 Å². The van der Waals surface area contributed by atoms with E-state index in [9.17, 15) is 9.59 Å². The number of rotatable bonds is 6. The van der Waals surface area contributed by atoms with Crippen molar-refractivity contribution in [1.29, 1.82) is 0 Å². The molecule has 0 unspecified atom stereocenters. The van der Waals surface area contributed by atoms with E-state index in [0.717, 1.165) is 11.1 Å². The van der Waals surface area contributed by atoms with Crippen molar-refractivity contribution < 1.29 is 19.1 Å². The van der Waals surface area contributed by atoms with Crippen molar-refractivity contribution in [3.8, 4) is 0 Å². The average Bonchev–Trinajstić information content (AvgIpc) is 2.66. The quantitative estimate of drug-likeness (QED) is 0.801. The lowest BCUT2D eigenvalue weighted by Crippen LogP contribution is -2.41. The molecule has 0 radical (unpaired) electrons. The molecule has 0 atom stereocenters. The van der Waals surface area contributed by atoms with Gasteiger partial charge in [0.05, 0.1) is 11.2 Å². The van der Waals surface area contributed by atoms with Gasteiger partial charge >= 0.3 is 0 Å². The summed E-state index contributed by atoms with van der Waals surface area (Å²) in [5.74, 6) is 0.137. The second-order valence-corrected chi connectivity index (χ2v) is 7.25. The Kier molecular flexibility index (Phi) is 5.07. The second kappa shape index (κ2) is 6.54. The highest BCUT2D eigenvalue weighted by Gasteiger charge is 2.49. The highest BCUT2D eigenvalue weighted by molar-refractivity contribution is 5.86. The zero-order chi connectivity index (χ0) is 17.3. The maximum absolute atomic E-state index is 11.8. The molecule has 1 aromatic rings. The smallest absolute Gasteiger partial charge is 0.185 e. The number of hydrogen-bond acceptors (Lipinski definition) is 4.